The second kappa shape index (κ2) is 5.41. The van der Waals surface area contributed by atoms with Crippen LogP contribution in [0.5, 0.6) is 0 Å². The molecule has 4 N–H and O–H groups in total. The molecule has 0 aliphatic heterocycles. The second-order valence-corrected chi connectivity index (χ2v) is 4.24. The number of halogens is 4. The lowest BCUT2D eigenvalue weighted by molar-refractivity contribution is 0.449. The Balaban J connectivity index is 2.39. The van der Waals surface area contributed by atoms with E-state index in [1.165, 1.54) is 6.20 Å². The molecule has 0 fully saturated rings. The first-order valence-electron chi connectivity index (χ1n) is 4.92. The number of anilines is 3. The van der Waals surface area contributed by atoms with Crippen molar-refractivity contribution >= 4 is 33.4 Å². The lowest BCUT2D eigenvalue weighted by atomic mass is 10.3. The zero-order chi connectivity index (χ0) is 14.0. The van der Waals surface area contributed by atoms with Crippen LogP contribution in [0.15, 0.2) is 22.8 Å². The van der Waals surface area contributed by atoms with E-state index in [1.807, 2.05) is 0 Å². The van der Waals surface area contributed by atoms with Gasteiger partial charge in [0.2, 0.25) is 5.95 Å². The van der Waals surface area contributed by atoms with Gasteiger partial charge in [-0.25, -0.2) is 24.0 Å². The predicted octanol–water partition coefficient (Wildman–Crippen LogP) is 2.69. The van der Waals surface area contributed by atoms with Crippen molar-refractivity contribution in [1.29, 1.82) is 0 Å². The number of nitrogen functional groups attached to an aromatic ring is 1. The topological polar surface area (TPSA) is 75.9 Å². The van der Waals surface area contributed by atoms with Crippen LogP contribution in [0.4, 0.5) is 30.6 Å². The van der Waals surface area contributed by atoms with Crippen LogP contribution in [0.3, 0.4) is 0 Å². The molecule has 100 valence electrons. The fraction of sp³-hybridized carbons (Fsp3) is 0. The molecule has 0 aliphatic rings. The van der Waals surface area contributed by atoms with E-state index in [1.54, 1.807) is 0 Å². The quantitative estimate of drug-likeness (QED) is 0.457. The van der Waals surface area contributed by atoms with Crippen molar-refractivity contribution in [3.63, 3.8) is 0 Å². The minimum absolute atomic E-state index is 0.0775. The molecule has 5 nitrogen and oxygen atoms in total. The second-order valence-electron chi connectivity index (χ2n) is 3.38. The first kappa shape index (κ1) is 13.6. The van der Waals surface area contributed by atoms with Gasteiger partial charge >= 0.3 is 0 Å². The molecule has 1 heterocycles. The molecule has 2 rings (SSSR count). The van der Waals surface area contributed by atoms with E-state index >= 15 is 0 Å². The third kappa shape index (κ3) is 2.76. The first-order valence-corrected chi connectivity index (χ1v) is 5.72. The van der Waals surface area contributed by atoms with E-state index < -0.39 is 17.5 Å². The third-order valence-corrected chi connectivity index (χ3v) is 2.74. The van der Waals surface area contributed by atoms with Crippen LogP contribution in [0.2, 0.25) is 0 Å². The molecule has 19 heavy (non-hydrogen) atoms. The van der Waals surface area contributed by atoms with Crippen LogP contribution in [-0.4, -0.2) is 9.97 Å². The zero-order valence-electron chi connectivity index (χ0n) is 9.22. The van der Waals surface area contributed by atoms with Crippen molar-refractivity contribution in [2.75, 3.05) is 10.7 Å². The van der Waals surface area contributed by atoms with Crippen LogP contribution >= 0.6 is 15.9 Å². The van der Waals surface area contributed by atoms with Gasteiger partial charge in [0, 0.05) is 6.20 Å². The number of nitrogens with one attached hydrogen (secondary N) is 2. The molecular formula is C10H7BrF3N5. The summed E-state index contributed by atoms with van der Waals surface area (Å²) in [7, 11) is 0. The molecule has 1 aromatic carbocycles. The maximum atomic E-state index is 13.5. The molecule has 9 heteroatoms. The van der Waals surface area contributed by atoms with Crippen molar-refractivity contribution in [1.82, 2.24) is 9.97 Å². The minimum atomic E-state index is -1.56. The van der Waals surface area contributed by atoms with E-state index in [2.05, 4.69) is 36.6 Å². The fourth-order valence-electron chi connectivity index (χ4n) is 1.27. The molecule has 0 bridgehead atoms. The molecule has 0 atom stereocenters. The smallest absolute Gasteiger partial charge is 0.239 e. The molecule has 0 radical (unpaired) electrons. The van der Waals surface area contributed by atoms with E-state index in [4.69, 9.17) is 5.84 Å². The maximum absolute atomic E-state index is 13.5. The van der Waals surface area contributed by atoms with Crippen LogP contribution < -0.4 is 16.6 Å². The van der Waals surface area contributed by atoms with Gasteiger partial charge in [0.05, 0.1) is 10.2 Å². The number of hydrogen-bond acceptors (Lipinski definition) is 5. The normalized spacial score (nSPS) is 10.4. The summed E-state index contributed by atoms with van der Waals surface area (Å²) < 4.78 is 39.7. The number of rotatable bonds is 3. The summed E-state index contributed by atoms with van der Waals surface area (Å²) in [5.74, 6) is 1.19. The van der Waals surface area contributed by atoms with Crippen molar-refractivity contribution in [3.05, 3.63) is 40.3 Å². The number of hydrazine groups is 1. The van der Waals surface area contributed by atoms with Crippen molar-refractivity contribution in [3.8, 4) is 0 Å². The average molecular weight is 334 g/mol. The molecular weight excluding hydrogens is 327 g/mol. The highest BCUT2D eigenvalue weighted by molar-refractivity contribution is 9.10. The first-order chi connectivity index (χ1) is 9.02. The largest absolute Gasteiger partial charge is 0.337 e. The number of nitrogens with zero attached hydrogens (tertiary/aromatic N) is 2. The van der Waals surface area contributed by atoms with Crippen LogP contribution in [0, 0.1) is 17.5 Å². The maximum Gasteiger partial charge on any atom is 0.239 e. The van der Waals surface area contributed by atoms with E-state index in [-0.39, 0.29) is 17.5 Å². The van der Waals surface area contributed by atoms with E-state index in [9.17, 15) is 13.2 Å². The molecule has 0 unspecified atom stereocenters. The Bertz CT molecular complexity index is 622. The SMILES string of the molecule is NNc1ncc(Br)c(Nc2ccc(F)c(F)c2F)n1. The highest BCUT2D eigenvalue weighted by Gasteiger charge is 2.15. The van der Waals surface area contributed by atoms with Gasteiger partial charge in [0.15, 0.2) is 23.3 Å². The Kier molecular flexibility index (Phi) is 3.86. The Hall–Kier alpha value is -1.87. The fourth-order valence-corrected chi connectivity index (χ4v) is 1.56. The zero-order valence-corrected chi connectivity index (χ0v) is 10.8. The summed E-state index contributed by atoms with van der Waals surface area (Å²) in [5.41, 5.74) is 1.94. The van der Waals surface area contributed by atoms with E-state index in [0.717, 1.165) is 12.1 Å². The summed E-state index contributed by atoms with van der Waals surface area (Å²) in [5, 5.41) is 2.51. The Labute approximate surface area is 114 Å². The Morgan fingerprint density at radius 1 is 1.16 bits per heavy atom. The van der Waals surface area contributed by atoms with Gasteiger partial charge in [-0.2, -0.15) is 4.98 Å². The van der Waals surface area contributed by atoms with Gasteiger partial charge in [0.1, 0.15) is 0 Å². The number of hydrogen-bond donors (Lipinski definition) is 3. The highest BCUT2D eigenvalue weighted by Crippen LogP contribution is 2.27. The highest BCUT2D eigenvalue weighted by atomic mass is 79.9. The van der Waals surface area contributed by atoms with Crippen molar-refractivity contribution in [2.45, 2.75) is 0 Å². The lowest BCUT2D eigenvalue weighted by Gasteiger charge is -2.10. The van der Waals surface area contributed by atoms with Gasteiger partial charge < -0.3 is 5.32 Å². The monoisotopic (exact) mass is 333 g/mol. The third-order valence-electron chi connectivity index (χ3n) is 2.16. The van der Waals surface area contributed by atoms with Gasteiger partial charge in [-0.15, -0.1) is 0 Å². The molecule has 0 saturated carbocycles. The van der Waals surface area contributed by atoms with Gasteiger partial charge in [0.25, 0.3) is 0 Å². The van der Waals surface area contributed by atoms with Gasteiger partial charge in [-0.05, 0) is 28.1 Å². The molecule has 0 amide bonds. The predicted molar refractivity (Wildman–Crippen MR) is 67.1 cm³/mol. The summed E-state index contributed by atoms with van der Waals surface area (Å²) in [4.78, 5) is 7.68. The lowest BCUT2D eigenvalue weighted by Crippen LogP contribution is -2.11. The summed E-state index contributed by atoms with van der Waals surface area (Å²) in [6.07, 6.45) is 1.36. The molecule has 0 aliphatic carbocycles. The standard InChI is InChI=1S/C10H7BrF3N5/c11-4-3-16-10(19-15)18-9(4)17-6-2-1-5(12)7(13)8(6)14/h1-3H,15H2,(H2,16,17,18,19). The van der Waals surface area contributed by atoms with E-state index in [0.29, 0.717) is 4.47 Å². The van der Waals surface area contributed by atoms with Crippen molar-refractivity contribution < 1.29 is 13.2 Å². The number of nitrogens with two attached hydrogens (primary N) is 1. The Morgan fingerprint density at radius 2 is 1.89 bits per heavy atom. The van der Waals surface area contributed by atoms with Crippen LogP contribution in [-0.2, 0) is 0 Å². The molecule has 1 aromatic heterocycles. The Morgan fingerprint density at radius 3 is 2.58 bits per heavy atom. The average Bonchev–Trinajstić information content (AvgIpc) is 2.41. The summed E-state index contributed by atoms with van der Waals surface area (Å²) >= 11 is 3.13. The number of aromatic nitrogens is 2. The summed E-state index contributed by atoms with van der Waals surface area (Å²) in [6, 6.07) is 1.86. The van der Waals surface area contributed by atoms with Crippen molar-refractivity contribution in [2.24, 2.45) is 5.84 Å². The van der Waals surface area contributed by atoms with Crippen LogP contribution in [0.25, 0.3) is 0 Å². The van der Waals surface area contributed by atoms with Crippen LogP contribution in [0.1, 0.15) is 0 Å². The van der Waals surface area contributed by atoms with Gasteiger partial charge in [-0.1, -0.05) is 0 Å². The number of benzene rings is 1. The molecule has 0 spiro atoms. The summed E-state index contributed by atoms with van der Waals surface area (Å²) in [6.45, 7) is 0. The minimum Gasteiger partial charge on any atom is -0.337 e. The molecule has 2 aromatic rings. The molecule has 0 saturated heterocycles. The van der Waals surface area contributed by atoms with Gasteiger partial charge in [-0.3, -0.25) is 5.43 Å².